The van der Waals surface area contributed by atoms with Gasteiger partial charge in [0.15, 0.2) is 0 Å². The Balaban J connectivity index is 3.20. The molecule has 1 nitrogen and oxygen atoms in total. The van der Waals surface area contributed by atoms with Crippen LogP contribution in [0.15, 0.2) is 23.8 Å². The molecule has 0 saturated carbocycles. The number of rotatable bonds is 2. The highest BCUT2D eigenvalue weighted by atomic mass is 16.3. The summed E-state index contributed by atoms with van der Waals surface area (Å²) in [5.74, 6) is 0. The Morgan fingerprint density at radius 3 is 2.00 bits per heavy atom. The molecule has 1 rings (SSSR count). The summed E-state index contributed by atoms with van der Waals surface area (Å²) < 4.78 is 0. The van der Waals surface area contributed by atoms with E-state index < -0.39 is 0 Å². The molecular formula is C13H18O. The van der Waals surface area contributed by atoms with Gasteiger partial charge in [-0.2, -0.15) is 0 Å². The predicted molar refractivity (Wildman–Crippen MR) is 61.3 cm³/mol. The highest BCUT2D eigenvalue weighted by Crippen LogP contribution is 2.20. The molecule has 0 aliphatic carbocycles. The first-order valence-corrected chi connectivity index (χ1v) is 4.90. The van der Waals surface area contributed by atoms with Crippen molar-refractivity contribution in [2.75, 3.05) is 6.61 Å². The number of allylic oxidation sites excluding steroid dienone is 1. The van der Waals surface area contributed by atoms with Gasteiger partial charge >= 0.3 is 0 Å². The van der Waals surface area contributed by atoms with Gasteiger partial charge in [-0.3, -0.25) is 0 Å². The van der Waals surface area contributed by atoms with Crippen LogP contribution in [0.5, 0.6) is 0 Å². The quantitative estimate of drug-likeness (QED) is 0.759. The normalized spacial score (nSPS) is 12.6. The van der Waals surface area contributed by atoms with Crippen LogP contribution in [0, 0.1) is 13.8 Å². The van der Waals surface area contributed by atoms with Crippen molar-refractivity contribution in [3.05, 3.63) is 40.5 Å². The molecule has 0 aliphatic heterocycles. The van der Waals surface area contributed by atoms with Crippen LogP contribution >= 0.6 is 0 Å². The fourth-order valence-corrected chi connectivity index (χ4v) is 1.56. The molecule has 0 radical (unpaired) electrons. The van der Waals surface area contributed by atoms with Gasteiger partial charge in [-0.1, -0.05) is 29.3 Å². The average molecular weight is 190 g/mol. The van der Waals surface area contributed by atoms with Crippen molar-refractivity contribution in [3.63, 3.8) is 0 Å². The molecule has 0 heterocycles. The van der Waals surface area contributed by atoms with E-state index in [1.54, 1.807) is 0 Å². The molecule has 14 heavy (non-hydrogen) atoms. The Hall–Kier alpha value is -1.08. The maximum Gasteiger partial charge on any atom is 0.0644 e. The second kappa shape index (κ2) is 4.43. The largest absolute Gasteiger partial charge is 0.392 e. The molecule has 1 N–H and O–H groups in total. The standard InChI is InChI=1S/C13H18O/c1-9-5-10(2)7-13(6-9)12(4)11(3)8-14/h5-7,14H,8H2,1-4H3/b12-11-. The lowest BCUT2D eigenvalue weighted by molar-refractivity contribution is 0.332. The van der Waals surface area contributed by atoms with Crippen LogP contribution in [-0.2, 0) is 0 Å². The fraction of sp³-hybridized carbons (Fsp3) is 0.385. The SMILES string of the molecule is C/C(CO)=C(\C)c1cc(C)cc(C)c1. The van der Waals surface area contributed by atoms with Crippen LogP contribution in [0.1, 0.15) is 30.5 Å². The van der Waals surface area contributed by atoms with E-state index in [0.717, 1.165) is 5.57 Å². The van der Waals surface area contributed by atoms with Gasteiger partial charge in [0.2, 0.25) is 0 Å². The third kappa shape index (κ3) is 2.46. The van der Waals surface area contributed by atoms with E-state index >= 15 is 0 Å². The molecular weight excluding hydrogens is 172 g/mol. The number of hydrogen-bond acceptors (Lipinski definition) is 1. The molecule has 0 atom stereocenters. The first-order valence-electron chi connectivity index (χ1n) is 4.90. The molecule has 1 heteroatoms. The molecule has 0 fully saturated rings. The predicted octanol–water partition coefficient (Wildman–Crippen LogP) is 3.09. The third-order valence-electron chi connectivity index (χ3n) is 2.53. The van der Waals surface area contributed by atoms with E-state index in [2.05, 4.69) is 39.0 Å². The zero-order valence-electron chi connectivity index (χ0n) is 9.39. The van der Waals surface area contributed by atoms with Crippen molar-refractivity contribution in [2.45, 2.75) is 27.7 Å². The Morgan fingerprint density at radius 1 is 1.07 bits per heavy atom. The first-order chi connectivity index (χ1) is 6.54. The number of aliphatic hydroxyl groups excluding tert-OH is 1. The lowest BCUT2D eigenvalue weighted by atomic mass is 9.99. The van der Waals surface area contributed by atoms with Crippen molar-refractivity contribution >= 4 is 5.57 Å². The van der Waals surface area contributed by atoms with E-state index in [-0.39, 0.29) is 6.61 Å². The molecule has 0 aromatic heterocycles. The van der Waals surface area contributed by atoms with Crippen molar-refractivity contribution in [3.8, 4) is 0 Å². The lowest BCUT2D eigenvalue weighted by Gasteiger charge is -2.08. The van der Waals surface area contributed by atoms with Crippen molar-refractivity contribution < 1.29 is 5.11 Å². The van der Waals surface area contributed by atoms with Crippen LogP contribution < -0.4 is 0 Å². The smallest absolute Gasteiger partial charge is 0.0644 e. The van der Waals surface area contributed by atoms with Gasteiger partial charge in [0, 0.05) is 0 Å². The van der Waals surface area contributed by atoms with Crippen LogP contribution in [0.25, 0.3) is 5.57 Å². The van der Waals surface area contributed by atoms with E-state index in [4.69, 9.17) is 5.11 Å². The van der Waals surface area contributed by atoms with Crippen LogP contribution in [0.3, 0.4) is 0 Å². The summed E-state index contributed by atoms with van der Waals surface area (Å²) >= 11 is 0. The number of aryl methyl sites for hydroxylation is 2. The van der Waals surface area contributed by atoms with Gasteiger partial charge in [0.25, 0.3) is 0 Å². The highest BCUT2D eigenvalue weighted by molar-refractivity contribution is 5.67. The van der Waals surface area contributed by atoms with E-state index in [1.807, 2.05) is 6.92 Å². The Morgan fingerprint density at radius 2 is 1.57 bits per heavy atom. The highest BCUT2D eigenvalue weighted by Gasteiger charge is 2.01. The van der Waals surface area contributed by atoms with Crippen molar-refractivity contribution in [2.24, 2.45) is 0 Å². The number of benzene rings is 1. The Kier molecular flexibility index (Phi) is 3.48. The second-order valence-corrected chi connectivity index (χ2v) is 3.94. The molecule has 1 aromatic rings. The summed E-state index contributed by atoms with van der Waals surface area (Å²) in [5, 5.41) is 9.05. The molecule has 0 unspecified atom stereocenters. The summed E-state index contributed by atoms with van der Waals surface area (Å²) in [6.45, 7) is 8.35. The fourth-order valence-electron chi connectivity index (χ4n) is 1.56. The average Bonchev–Trinajstić information content (AvgIpc) is 2.14. The minimum Gasteiger partial charge on any atom is -0.392 e. The third-order valence-corrected chi connectivity index (χ3v) is 2.53. The first kappa shape index (κ1) is 11.0. The van der Waals surface area contributed by atoms with Crippen molar-refractivity contribution in [1.82, 2.24) is 0 Å². The summed E-state index contributed by atoms with van der Waals surface area (Å²) in [6, 6.07) is 6.47. The molecule has 0 spiro atoms. The van der Waals surface area contributed by atoms with Crippen LogP contribution in [0.4, 0.5) is 0 Å². The van der Waals surface area contributed by atoms with Gasteiger partial charge in [-0.05, 0) is 44.4 Å². The van der Waals surface area contributed by atoms with Gasteiger partial charge in [0.1, 0.15) is 0 Å². The minimum atomic E-state index is 0.138. The zero-order chi connectivity index (χ0) is 10.7. The lowest BCUT2D eigenvalue weighted by Crippen LogP contribution is -1.91. The molecule has 0 saturated heterocycles. The van der Waals surface area contributed by atoms with Gasteiger partial charge < -0.3 is 5.11 Å². The topological polar surface area (TPSA) is 20.2 Å². The Bertz CT molecular complexity index is 341. The molecule has 0 amide bonds. The summed E-state index contributed by atoms with van der Waals surface area (Å²) in [7, 11) is 0. The molecule has 76 valence electrons. The van der Waals surface area contributed by atoms with E-state index in [1.165, 1.54) is 22.3 Å². The van der Waals surface area contributed by atoms with Crippen LogP contribution in [-0.4, -0.2) is 11.7 Å². The van der Waals surface area contributed by atoms with Crippen LogP contribution in [0.2, 0.25) is 0 Å². The van der Waals surface area contributed by atoms with E-state index in [0.29, 0.717) is 0 Å². The Labute approximate surface area is 86.1 Å². The maximum atomic E-state index is 9.05. The summed E-state index contributed by atoms with van der Waals surface area (Å²) in [5.41, 5.74) is 5.97. The minimum absolute atomic E-state index is 0.138. The summed E-state index contributed by atoms with van der Waals surface area (Å²) in [6.07, 6.45) is 0. The number of aliphatic hydroxyl groups is 1. The van der Waals surface area contributed by atoms with Gasteiger partial charge in [0.05, 0.1) is 6.61 Å². The summed E-state index contributed by atoms with van der Waals surface area (Å²) in [4.78, 5) is 0. The van der Waals surface area contributed by atoms with Gasteiger partial charge in [-0.25, -0.2) is 0 Å². The number of hydrogen-bond donors (Lipinski definition) is 1. The molecule has 0 aliphatic rings. The van der Waals surface area contributed by atoms with E-state index in [9.17, 15) is 0 Å². The molecule has 1 aromatic carbocycles. The second-order valence-electron chi connectivity index (χ2n) is 3.94. The zero-order valence-corrected chi connectivity index (χ0v) is 9.39. The van der Waals surface area contributed by atoms with Gasteiger partial charge in [-0.15, -0.1) is 0 Å². The maximum absolute atomic E-state index is 9.05. The monoisotopic (exact) mass is 190 g/mol. The molecule has 0 bridgehead atoms. The van der Waals surface area contributed by atoms with Crippen molar-refractivity contribution in [1.29, 1.82) is 0 Å².